The van der Waals surface area contributed by atoms with E-state index in [1.54, 1.807) is 37.3 Å². The Balaban J connectivity index is 1.96. The monoisotopic (exact) mass is 291 g/mol. The lowest BCUT2D eigenvalue weighted by molar-refractivity contribution is 0.0988. The minimum Gasteiger partial charge on any atom is -0.487 e. The molecule has 0 saturated heterocycles. The Hall–Kier alpha value is -2.41. The van der Waals surface area contributed by atoms with E-state index in [9.17, 15) is 4.79 Å². The zero-order valence-corrected chi connectivity index (χ0v) is 11.6. The van der Waals surface area contributed by atoms with Crippen LogP contribution in [-0.4, -0.2) is 22.7 Å². The van der Waals surface area contributed by atoms with Gasteiger partial charge in [-0.3, -0.25) is 4.79 Å². The van der Waals surface area contributed by atoms with Gasteiger partial charge in [0.15, 0.2) is 0 Å². The maximum absolute atomic E-state index is 11.8. The van der Waals surface area contributed by atoms with Crippen molar-refractivity contribution < 1.29 is 14.1 Å². The van der Waals surface area contributed by atoms with Gasteiger partial charge < -0.3 is 20.3 Å². The quantitative estimate of drug-likeness (QED) is 0.818. The van der Waals surface area contributed by atoms with Crippen LogP contribution in [0.15, 0.2) is 34.9 Å². The highest BCUT2D eigenvalue weighted by molar-refractivity contribution is 7.80. The van der Waals surface area contributed by atoms with Crippen molar-refractivity contribution in [2.75, 3.05) is 11.9 Å². The SMILES string of the molecule is Cc1cc(C(=O)Nc2ccc(OCC(N)=S)cc2)on1. The average molecular weight is 291 g/mol. The molecule has 0 radical (unpaired) electrons. The van der Waals surface area contributed by atoms with E-state index in [-0.39, 0.29) is 23.3 Å². The molecule has 1 heterocycles. The zero-order valence-electron chi connectivity index (χ0n) is 10.8. The fourth-order valence-corrected chi connectivity index (χ4v) is 1.51. The molecule has 1 amide bonds. The van der Waals surface area contributed by atoms with Gasteiger partial charge in [-0.15, -0.1) is 0 Å². The molecule has 6 nitrogen and oxygen atoms in total. The molecule has 0 bridgehead atoms. The van der Waals surface area contributed by atoms with Gasteiger partial charge in [-0.05, 0) is 31.2 Å². The lowest BCUT2D eigenvalue weighted by Gasteiger charge is -2.06. The summed E-state index contributed by atoms with van der Waals surface area (Å²) in [4.78, 5) is 12.1. The van der Waals surface area contributed by atoms with Crippen molar-refractivity contribution in [3.8, 4) is 5.75 Å². The average Bonchev–Trinajstić information content (AvgIpc) is 2.85. The minimum absolute atomic E-state index is 0.163. The van der Waals surface area contributed by atoms with E-state index in [0.717, 1.165) is 0 Å². The fourth-order valence-electron chi connectivity index (χ4n) is 1.45. The predicted octanol–water partition coefficient (Wildman–Crippen LogP) is 1.90. The van der Waals surface area contributed by atoms with Crippen LogP contribution in [0.1, 0.15) is 16.2 Å². The van der Waals surface area contributed by atoms with E-state index in [1.165, 1.54) is 0 Å². The Morgan fingerprint density at radius 3 is 2.70 bits per heavy atom. The molecule has 1 aromatic carbocycles. The van der Waals surface area contributed by atoms with Gasteiger partial charge in [0.05, 0.1) is 5.69 Å². The van der Waals surface area contributed by atoms with Crippen LogP contribution >= 0.6 is 12.2 Å². The van der Waals surface area contributed by atoms with Crippen LogP contribution in [0.4, 0.5) is 5.69 Å². The van der Waals surface area contributed by atoms with Crippen LogP contribution in [0.3, 0.4) is 0 Å². The summed E-state index contributed by atoms with van der Waals surface area (Å²) in [6.07, 6.45) is 0. The van der Waals surface area contributed by atoms with Crippen LogP contribution < -0.4 is 15.8 Å². The molecule has 3 N–H and O–H groups in total. The lowest BCUT2D eigenvalue weighted by Crippen LogP contribution is -2.17. The molecule has 0 atom stereocenters. The molecule has 0 aliphatic heterocycles. The summed E-state index contributed by atoms with van der Waals surface area (Å²) < 4.78 is 10.2. The topological polar surface area (TPSA) is 90.4 Å². The predicted molar refractivity (Wildman–Crippen MR) is 77.9 cm³/mol. The number of benzene rings is 1. The first-order valence-electron chi connectivity index (χ1n) is 5.80. The van der Waals surface area contributed by atoms with Crippen molar-refractivity contribution >= 4 is 28.8 Å². The summed E-state index contributed by atoms with van der Waals surface area (Å²) in [5, 5.41) is 6.34. The van der Waals surface area contributed by atoms with Gasteiger partial charge in [-0.25, -0.2) is 0 Å². The fraction of sp³-hybridized carbons (Fsp3) is 0.154. The number of nitrogens with zero attached hydrogens (tertiary/aromatic N) is 1. The van der Waals surface area contributed by atoms with Crippen molar-refractivity contribution in [1.29, 1.82) is 0 Å². The highest BCUT2D eigenvalue weighted by Gasteiger charge is 2.11. The largest absolute Gasteiger partial charge is 0.487 e. The first kappa shape index (κ1) is 14.0. The second-order valence-electron chi connectivity index (χ2n) is 4.07. The number of hydrogen-bond donors (Lipinski definition) is 2. The molecule has 0 unspecified atom stereocenters. The number of carbonyl (C=O) groups is 1. The van der Waals surface area contributed by atoms with Crippen molar-refractivity contribution in [3.05, 3.63) is 41.8 Å². The summed E-state index contributed by atoms with van der Waals surface area (Å²) >= 11 is 4.71. The van der Waals surface area contributed by atoms with Crippen molar-refractivity contribution in [1.82, 2.24) is 5.16 Å². The number of ether oxygens (including phenoxy) is 1. The maximum atomic E-state index is 11.8. The Kier molecular flexibility index (Phi) is 4.31. The third kappa shape index (κ3) is 3.79. The lowest BCUT2D eigenvalue weighted by atomic mass is 10.3. The molecule has 20 heavy (non-hydrogen) atoms. The first-order valence-corrected chi connectivity index (χ1v) is 6.21. The van der Waals surface area contributed by atoms with E-state index in [0.29, 0.717) is 17.1 Å². The smallest absolute Gasteiger partial charge is 0.294 e. The van der Waals surface area contributed by atoms with Crippen LogP contribution in [-0.2, 0) is 0 Å². The van der Waals surface area contributed by atoms with Gasteiger partial charge in [-0.1, -0.05) is 17.4 Å². The molecule has 0 saturated carbocycles. The molecular formula is C13H13N3O3S. The van der Waals surface area contributed by atoms with Crippen molar-refractivity contribution in [2.24, 2.45) is 5.73 Å². The van der Waals surface area contributed by atoms with Gasteiger partial charge in [0.1, 0.15) is 17.3 Å². The number of aromatic nitrogens is 1. The second-order valence-corrected chi connectivity index (χ2v) is 4.59. The molecule has 0 spiro atoms. The van der Waals surface area contributed by atoms with E-state index in [1.807, 2.05) is 0 Å². The molecule has 0 aliphatic carbocycles. The third-order valence-electron chi connectivity index (χ3n) is 2.35. The van der Waals surface area contributed by atoms with Crippen LogP contribution in [0.5, 0.6) is 5.75 Å². The molecule has 1 aromatic heterocycles. The molecular weight excluding hydrogens is 278 g/mol. The number of rotatable bonds is 5. The summed E-state index contributed by atoms with van der Waals surface area (Å²) in [7, 11) is 0. The number of thiocarbonyl (C=S) groups is 1. The van der Waals surface area contributed by atoms with E-state index in [2.05, 4.69) is 10.5 Å². The summed E-state index contributed by atoms with van der Waals surface area (Å²) in [5.41, 5.74) is 6.60. The molecule has 0 fully saturated rings. The van der Waals surface area contributed by atoms with Gasteiger partial charge in [-0.2, -0.15) is 0 Å². The molecule has 104 valence electrons. The Morgan fingerprint density at radius 2 is 2.15 bits per heavy atom. The van der Waals surface area contributed by atoms with Crippen LogP contribution in [0, 0.1) is 6.92 Å². The third-order valence-corrected chi connectivity index (χ3v) is 2.46. The number of nitrogens with two attached hydrogens (primary N) is 1. The normalized spacial score (nSPS) is 10.1. The first-order chi connectivity index (χ1) is 9.54. The van der Waals surface area contributed by atoms with Crippen molar-refractivity contribution in [3.63, 3.8) is 0 Å². The second kappa shape index (κ2) is 6.16. The summed E-state index contributed by atoms with van der Waals surface area (Å²) in [5.74, 6) is 0.421. The molecule has 2 aromatic rings. The van der Waals surface area contributed by atoms with E-state index >= 15 is 0 Å². The number of anilines is 1. The van der Waals surface area contributed by atoms with Crippen LogP contribution in [0.25, 0.3) is 0 Å². The number of hydrogen-bond acceptors (Lipinski definition) is 5. The Labute approximate surface area is 120 Å². The van der Waals surface area contributed by atoms with Crippen molar-refractivity contribution in [2.45, 2.75) is 6.92 Å². The standard InChI is InChI=1S/C13H13N3O3S/c1-8-6-11(19-16-8)13(17)15-9-2-4-10(5-3-9)18-7-12(14)20/h2-6H,7H2,1H3,(H2,14,20)(H,15,17). The number of amides is 1. The minimum atomic E-state index is -0.359. The van der Waals surface area contributed by atoms with Gasteiger partial charge in [0.2, 0.25) is 5.76 Å². The number of aryl methyl sites for hydroxylation is 1. The maximum Gasteiger partial charge on any atom is 0.294 e. The number of carbonyl (C=O) groups excluding carboxylic acids is 1. The zero-order chi connectivity index (χ0) is 14.5. The van der Waals surface area contributed by atoms with E-state index < -0.39 is 0 Å². The van der Waals surface area contributed by atoms with Gasteiger partial charge >= 0.3 is 0 Å². The summed E-state index contributed by atoms with van der Waals surface area (Å²) in [6.45, 7) is 1.92. The molecule has 0 aliphatic rings. The van der Waals surface area contributed by atoms with E-state index in [4.69, 9.17) is 27.2 Å². The molecule has 2 rings (SSSR count). The summed E-state index contributed by atoms with van der Waals surface area (Å²) in [6, 6.07) is 8.39. The van der Waals surface area contributed by atoms with Gasteiger partial charge in [0, 0.05) is 11.8 Å². The Morgan fingerprint density at radius 1 is 1.45 bits per heavy atom. The van der Waals surface area contributed by atoms with Crippen LogP contribution in [0.2, 0.25) is 0 Å². The Bertz CT molecular complexity index is 622. The molecule has 7 heteroatoms. The number of nitrogens with one attached hydrogen (secondary N) is 1. The highest BCUT2D eigenvalue weighted by Crippen LogP contribution is 2.16. The highest BCUT2D eigenvalue weighted by atomic mass is 32.1. The van der Waals surface area contributed by atoms with Gasteiger partial charge in [0.25, 0.3) is 5.91 Å².